The van der Waals surface area contributed by atoms with Crippen LogP contribution in [0.1, 0.15) is 20.8 Å². The molecule has 1 aromatic carbocycles. The molecule has 0 unspecified atom stereocenters. The molecule has 1 heterocycles. The van der Waals surface area contributed by atoms with Gasteiger partial charge in [-0.3, -0.25) is 4.79 Å². The molecule has 6 nitrogen and oxygen atoms in total. The van der Waals surface area contributed by atoms with Crippen molar-refractivity contribution in [3.63, 3.8) is 0 Å². The fourth-order valence-corrected chi connectivity index (χ4v) is 1.46. The Bertz CT molecular complexity index is 599. The van der Waals surface area contributed by atoms with E-state index in [1.807, 2.05) is 0 Å². The minimum Gasteiger partial charge on any atom is -0.465 e. The van der Waals surface area contributed by atoms with E-state index in [2.05, 4.69) is 20.3 Å². The van der Waals surface area contributed by atoms with E-state index in [9.17, 15) is 9.59 Å². The van der Waals surface area contributed by atoms with E-state index in [1.165, 1.54) is 19.4 Å². The number of nitrogens with one attached hydrogen (secondary N) is 1. The number of rotatable bonds is 3. The standard InChI is InChI=1S/C13H11N3O3/c1-19-13(18)9-4-2-5-10(8-9)15-12(17)11-6-3-7-14-16-11/h2-8H,1H3,(H,15,17). The largest absolute Gasteiger partial charge is 0.465 e. The normalized spacial score (nSPS) is 9.74. The van der Waals surface area contributed by atoms with E-state index in [0.717, 1.165) is 0 Å². The molecule has 2 aromatic rings. The van der Waals surface area contributed by atoms with Gasteiger partial charge >= 0.3 is 5.97 Å². The molecule has 19 heavy (non-hydrogen) atoms. The zero-order chi connectivity index (χ0) is 13.7. The summed E-state index contributed by atoms with van der Waals surface area (Å²) in [5.41, 5.74) is 1.05. The Kier molecular flexibility index (Phi) is 3.82. The van der Waals surface area contributed by atoms with Gasteiger partial charge in [0, 0.05) is 11.9 Å². The molecule has 0 saturated heterocycles. The van der Waals surface area contributed by atoms with E-state index in [-0.39, 0.29) is 5.69 Å². The molecule has 1 amide bonds. The monoisotopic (exact) mass is 257 g/mol. The van der Waals surface area contributed by atoms with Gasteiger partial charge < -0.3 is 10.1 Å². The molecule has 0 spiro atoms. The molecule has 0 aliphatic carbocycles. The van der Waals surface area contributed by atoms with Crippen LogP contribution in [0.5, 0.6) is 0 Å². The van der Waals surface area contributed by atoms with Crippen LogP contribution in [-0.2, 0) is 4.74 Å². The number of methoxy groups -OCH3 is 1. The Morgan fingerprint density at radius 2 is 2.05 bits per heavy atom. The highest BCUT2D eigenvalue weighted by atomic mass is 16.5. The van der Waals surface area contributed by atoms with Crippen LogP contribution in [0.4, 0.5) is 5.69 Å². The number of ether oxygens (including phenoxy) is 1. The van der Waals surface area contributed by atoms with Crippen molar-refractivity contribution in [3.8, 4) is 0 Å². The molecular formula is C13H11N3O3. The van der Waals surface area contributed by atoms with Gasteiger partial charge in [-0.1, -0.05) is 6.07 Å². The number of aromatic nitrogens is 2. The zero-order valence-corrected chi connectivity index (χ0v) is 10.2. The smallest absolute Gasteiger partial charge is 0.337 e. The molecule has 0 radical (unpaired) electrons. The van der Waals surface area contributed by atoms with Gasteiger partial charge in [-0.25, -0.2) is 4.79 Å². The van der Waals surface area contributed by atoms with Crippen molar-refractivity contribution >= 4 is 17.6 Å². The average Bonchev–Trinajstić information content (AvgIpc) is 2.47. The molecule has 0 saturated carbocycles. The summed E-state index contributed by atoms with van der Waals surface area (Å²) in [4.78, 5) is 23.2. The summed E-state index contributed by atoms with van der Waals surface area (Å²) < 4.78 is 4.61. The summed E-state index contributed by atoms with van der Waals surface area (Å²) in [6.45, 7) is 0. The van der Waals surface area contributed by atoms with Crippen LogP contribution >= 0.6 is 0 Å². The van der Waals surface area contributed by atoms with Gasteiger partial charge in [-0.2, -0.15) is 5.10 Å². The SMILES string of the molecule is COC(=O)c1cccc(NC(=O)c2cccnn2)c1. The highest BCUT2D eigenvalue weighted by Gasteiger charge is 2.10. The van der Waals surface area contributed by atoms with Crippen molar-refractivity contribution in [2.45, 2.75) is 0 Å². The number of carbonyl (C=O) groups excluding carboxylic acids is 2. The lowest BCUT2D eigenvalue weighted by atomic mass is 10.2. The van der Waals surface area contributed by atoms with Gasteiger partial charge in [0.1, 0.15) is 0 Å². The Hall–Kier alpha value is -2.76. The molecule has 0 bridgehead atoms. The second-order valence-corrected chi connectivity index (χ2v) is 3.64. The van der Waals surface area contributed by atoms with Crippen LogP contribution < -0.4 is 5.32 Å². The second kappa shape index (κ2) is 5.72. The van der Waals surface area contributed by atoms with Crippen molar-refractivity contribution in [2.24, 2.45) is 0 Å². The Morgan fingerprint density at radius 1 is 1.21 bits per heavy atom. The molecule has 1 aromatic heterocycles. The van der Waals surface area contributed by atoms with E-state index in [0.29, 0.717) is 11.3 Å². The van der Waals surface area contributed by atoms with Gasteiger partial charge in [0.25, 0.3) is 5.91 Å². The zero-order valence-electron chi connectivity index (χ0n) is 10.2. The highest BCUT2D eigenvalue weighted by Crippen LogP contribution is 2.12. The highest BCUT2D eigenvalue weighted by molar-refractivity contribution is 6.03. The lowest BCUT2D eigenvalue weighted by Gasteiger charge is -2.05. The number of esters is 1. The summed E-state index contributed by atoms with van der Waals surface area (Å²) in [7, 11) is 1.30. The van der Waals surface area contributed by atoms with Crippen molar-refractivity contribution in [1.29, 1.82) is 0 Å². The summed E-state index contributed by atoms with van der Waals surface area (Å²) in [5, 5.41) is 9.94. The van der Waals surface area contributed by atoms with Gasteiger partial charge in [-0.05, 0) is 30.3 Å². The Balaban J connectivity index is 2.16. The first kappa shape index (κ1) is 12.7. The van der Waals surface area contributed by atoms with Crippen LogP contribution in [0, 0.1) is 0 Å². The van der Waals surface area contributed by atoms with Crippen molar-refractivity contribution in [3.05, 3.63) is 53.9 Å². The number of hydrogen-bond acceptors (Lipinski definition) is 5. The lowest BCUT2D eigenvalue weighted by molar-refractivity contribution is 0.0600. The Morgan fingerprint density at radius 3 is 2.74 bits per heavy atom. The van der Waals surface area contributed by atoms with E-state index in [4.69, 9.17) is 0 Å². The number of hydrogen-bond donors (Lipinski definition) is 1. The van der Waals surface area contributed by atoms with Gasteiger partial charge in [0.2, 0.25) is 0 Å². The Labute approximate surface area is 109 Å². The third-order valence-corrected chi connectivity index (χ3v) is 2.35. The molecule has 0 aliphatic heterocycles. The first-order valence-electron chi connectivity index (χ1n) is 5.48. The number of carbonyl (C=O) groups is 2. The fourth-order valence-electron chi connectivity index (χ4n) is 1.46. The maximum atomic E-state index is 11.8. The molecule has 1 N–H and O–H groups in total. The topological polar surface area (TPSA) is 81.2 Å². The predicted octanol–water partition coefficient (Wildman–Crippen LogP) is 1.52. The van der Waals surface area contributed by atoms with Gasteiger partial charge in [0.15, 0.2) is 5.69 Å². The minimum absolute atomic E-state index is 0.200. The summed E-state index contributed by atoms with van der Waals surface area (Å²) in [6, 6.07) is 9.61. The molecule has 6 heteroatoms. The molecule has 96 valence electrons. The van der Waals surface area contributed by atoms with E-state index >= 15 is 0 Å². The molecule has 0 fully saturated rings. The van der Waals surface area contributed by atoms with Crippen LogP contribution in [0.15, 0.2) is 42.6 Å². The molecular weight excluding hydrogens is 246 g/mol. The molecule has 0 aliphatic rings. The summed E-state index contributed by atoms with van der Waals surface area (Å²) >= 11 is 0. The third kappa shape index (κ3) is 3.12. The first-order chi connectivity index (χ1) is 9.20. The minimum atomic E-state index is -0.462. The quantitative estimate of drug-likeness (QED) is 0.843. The fraction of sp³-hybridized carbons (Fsp3) is 0.0769. The second-order valence-electron chi connectivity index (χ2n) is 3.64. The van der Waals surface area contributed by atoms with Crippen LogP contribution in [0.2, 0.25) is 0 Å². The molecule has 2 rings (SSSR count). The molecule has 0 atom stereocenters. The maximum absolute atomic E-state index is 11.8. The van der Waals surface area contributed by atoms with Gasteiger partial charge in [0.05, 0.1) is 12.7 Å². The number of nitrogens with zero attached hydrogens (tertiary/aromatic N) is 2. The number of anilines is 1. The van der Waals surface area contributed by atoms with E-state index in [1.54, 1.807) is 30.3 Å². The average molecular weight is 257 g/mol. The summed E-state index contributed by atoms with van der Waals surface area (Å²) in [6.07, 6.45) is 1.48. The number of amides is 1. The lowest BCUT2D eigenvalue weighted by Crippen LogP contribution is -2.14. The first-order valence-corrected chi connectivity index (χ1v) is 5.48. The number of benzene rings is 1. The van der Waals surface area contributed by atoms with Crippen molar-refractivity contribution in [1.82, 2.24) is 10.2 Å². The van der Waals surface area contributed by atoms with Gasteiger partial charge in [-0.15, -0.1) is 5.10 Å². The van der Waals surface area contributed by atoms with Crippen molar-refractivity contribution < 1.29 is 14.3 Å². The van der Waals surface area contributed by atoms with Crippen LogP contribution in [0.3, 0.4) is 0 Å². The van der Waals surface area contributed by atoms with Crippen molar-refractivity contribution in [2.75, 3.05) is 12.4 Å². The summed E-state index contributed by atoms with van der Waals surface area (Å²) in [5.74, 6) is -0.856. The third-order valence-electron chi connectivity index (χ3n) is 2.35. The van der Waals surface area contributed by atoms with Crippen LogP contribution in [0.25, 0.3) is 0 Å². The van der Waals surface area contributed by atoms with E-state index < -0.39 is 11.9 Å². The van der Waals surface area contributed by atoms with Crippen LogP contribution in [-0.4, -0.2) is 29.2 Å². The maximum Gasteiger partial charge on any atom is 0.337 e. The predicted molar refractivity (Wildman–Crippen MR) is 67.8 cm³/mol.